The smallest absolute Gasteiger partial charge is 0.314 e. The largest absolute Gasteiger partial charge is 0.481 e. The third-order valence-electron chi connectivity index (χ3n) is 1.52. The number of carboxylic acid groups (broad SMARTS) is 1. The van der Waals surface area contributed by atoms with Crippen molar-refractivity contribution in [3.63, 3.8) is 0 Å². The average Bonchev–Trinajstić information content (AvgIpc) is 1.54. The maximum Gasteiger partial charge on any atom is 0.314 e. The molecule has 3 heteroatoms. The number of ketones is 1. The van der Waals surface area contributed by atoms with Crippen molar-refractivity contribution in [3.05, 3.63) is 0 Å². The first-order valence-corrected chi connectivity index (χ1v) is 3.50. The van der Waals surface area contributed by atoms with Crippen LogP contribution in [0.3, 0.4) is 0 Å². The fraction of sp³-hybridized carbons (Fsp3) is 0.750. The number of carboxylic acids is 1. The second kappa shape index (κ2) is 3.03. The van der Waals surface area contributed by atoms with Gasteiger partial charge in [-0.05, 0) is 12.3 Å². The van der Waals surface area contributed by atoms with E-state index in [2.05, 4.69) is 0 Å². The molecule has 0 fully saturated rings. The third kappa shape index (κ3) is 2.70. The van der Waals surface area contributed by atoms with Gasteiger partial charge in [0.05, 0.1) is 0 Å². The molecule has 1 atom stereocenters. The van der Waals surface area contributed by atoms with E-state index in [1.54, 1.807) is 20.8 Å². The standard InChI is InChI=1S/C8H14O3/c1-5(9)6(7(10)11)8(2,3)4/h6H,1-4H3,(H,10,11). The molecule has 1 N–H and O–H groups in total. The van der Waals surface area contributed by atoms with Crippen molar-refractivity contribution < 1.29 is 14.7 Å². The highest BCUT2D eigenvalue weighted by atomic mass is 16.4. The molecule has 0 aliphatic rings. The van der Waals surface area contributed by atoms with Crippen molar-refractivity contribution >= 4 is 11.8 Å². The van der Waals surface area contributed by atoms with Crippen LogP contribution in [-0.4, -0.2) is 16.9 Å². The molecule has 0 aromatic heterocycles. The van der Waals surface area contributed by atoms with Crippen LogP contribution in [0.15, 0.2) is 0 Å². The first kappa shape index (κ1) is 10.1. The normalized spacial score (nSPS) is 14.2. The molecule has 0 bridgehead atoms. The van der Waals surface area contributed by atoms with Gasteiger partial charge in [-0.2, -0.15) is 0 Å². The Kier molecular flexibility index (Phi) is 2.79. The molecular formula is C8H14O3. The number of rotatable bonds is 2. The molecule has 0 aliphatic carbocycles. The van der Waals surface area contributed by atoms with E-state index in [0.29, 0.717) is 0 Å². The molecule has 11 heavy (non-hydrogen) atoms. The lowest BCUT2D eigenvalue weighted by Crippen LogP contribution is -2.33. The lowest BCUT2D eigenvalue weighted by molar-refractivity contribution is -0.150. The molecule has 0 rings (SSSR count). The van der Waals surface area contributed by atoms with Crippen molar-refractivity contribution in [3.8, 4) is 0 Å². The van der Waals surface area contributed by atoms with Gasteiger partial charge < -0.3 is 5.11 Å². The van der Waals surface area contributed by atoms with E-state index in [4.69, 9.17) is 5.11 Å². The summed E-state index contributed by atoms with van der Waals surface area (Å²) in [6, 6.07) is 0. The van der Waals surface area contributed by atoms with Crippen LogP contribution < -0.4 is 0 Å². The summed E-state index contributed by atoms with van der Waals surface area (Å²) in [5, 5.41) is 8.66. The van der Waals surface area contributed by atoms with Gasteiger partial charge in [-0.1, -0.05) is 20.8 Å². The highest BCUT2D eigenvalue weighted by molar-refractivity contribution is 5.97. The number of Topliss-reactive ketones (excluding diaryl/α,β-unsaturated/α-hetero) is 1. The number of carbonyl (C=O) groups excluding carboxylic acids is 1. The first-order valence-electron chi connectivity index (χ1n) is 3.50. The van der Waals surface area contributed by atoms with Crippen molar-refractivity contribution in [1.29, 1.82) is 0 Å². The Labute approximate surface area is 66.4 Å². The van der Waals surface area contributed by atoms with E-state index in [-0.39, 0.29) is 5.78 Å². The Bertz CT molecular complexity index is 162. The second-order valence-electron chi connectivity index (χ2n) is 3.75. The van der Waals surface area contributed by atoms with Gasteiger partial charge in [0.25, 0.3) is 0 Å². The molecule has 0 saturated carbocycles. The monoisotopic (exact) mass is 158 g/mol. The zero-order valence-electron chi connectivity index (χ0n) is 7.34. The summed E-state index contributed by atoms with van der Waals surface area (Å²) >= 11 is 0. The van der Waals surface area contributed by atoms with Crippen LogP contribution >= 0.6 is 0 Å². The van der Waals surface area contributed by atoms with E-state index in [9.17, 15) is 9.59 Å². The van der Waals surface area contributed by atoms with E-state index in [0.717, 1.165) is 0 Å². The van der Waals surface area contributed by atoms with E-state index in [1.807, 2.05) is 0 Å². The van der Waals surface area contributed by atoms with Gasteiger partial charge in [-0.15, -0.1) is 0 Å². The maximum absolute atomic E-state index is 10.9. The molecule has 0 aromatic rings. The SMILES string of the molecule is CC(=O)C(C(=O)O)C(C)(C)C. The maximum atomic E-state index is 10.9. The predicted molar refractivity (Wildman–Crippen MR) is 41.3 cm³/mol. The minimum Gasteiger partial charge on any atom is -0.481 e. The molecule has 0 saturated heterocycles. The third-order valence-corrected chi connectivity index (χ3v) is 1.52. The lowest BCUT2D eigenvalue weighted by Gasteiger charge is -2.24. The zero-order chi connectivity index (χ0) is 9.23. The molecule has 1 unspecified atom stereocenters. The van der Waals surface area contributed by atoms with Crippen molar-refractivity contribution in [2.24, 2.45) is 11.3 Å². The second-order valence-corrected chi connectivity index (χ2v) is 3.75. The molecule has 64 valence electrons. The van der Waals surface area contributed by atoms with E-state index < -0.39 is 17.3 Å². The summed E-state index contributed by atoms with van der Waals surface area (Å²) in [6.45, 7) is 6.54. The summed E-state index contributed by atoms with van der Waals surface area (Å²) < 4.78 is 0. The Hall–Kier alpha value is -0.860. The minimum atomic E-state index is -1.04. The van der Waals surface area contributed by atoms with Crippen molar-refractivity contribution in [1.82, 2.24) is 0 Å². The molecule has 0 heterocycles. The average molecular weight is 158 g/mol. The number of aliphatic carboxylic acids is 1. The van der Waals surface area contributed by atoms with Gasteiger partial charge in [0.15, 0.2) is 0 Å². The molecule has 0 aromatic carbocycles. The summed E-state index contributed by atoms with van der Waals surface area (Å²) in [7, 11) is 0. The summed E-state index contributed by atoms with van der Waals surface area (Å²) in [5.74, 6) is -2.21. The predicted octanol–water partition coefficient (Wildman–Crippen LogP) is 1.32. The van der Waals surface area contributed by atoms with Gasteiger partial charge in [-0.3, -0.25) is 9.59 Å². The zero-order valence-corrected chi connectivity index (χ0v) is 7.34. The Morgan fingerprint density at radius 3 is 1.64 bits per heavy atom. The highest BCUT2D eigenvalue weighted by Gasteiger charge is 2.34. The van der Waals surface area contributed by atoms with E-state index in [1.165, 1.54) is 6.92 Å². The molecular weight excluding hydrogens is 144 g/mol. The van der Waals surface area contributed by atoms with Gasteiger partial charge in [-0.25, -0.2) is 0 Å². The van der Waals surface area contributed by atoms with Crippen LogP contribution in [0.2, 0.25) is 0 Å². The number of hydrogen-bond acceptors (Lipinski definition) is 2. The highest BCUT2D eigenvalue weighted by Crippen LogP contribution is 2.26. The lowest BCUT2D eigenvalue weighted by atomic mass is 9.78. The van der Waals surface area contributed by atoms with Gasteiger partial charge >= 0.3 is 5.97 Å². The summed E-state index contributed by atoms with van der Waals surface area (Å²) in [5.41, 5.74) is -0.488. The van der Waals surface area contributed by atoms with Crippen LogP contribution in [0.5, 0.6) is 0 Å². The Balaban J connectivity index is 4.63. The van der Waals surface area contributed by atoms with Crippen LogP contribution in [0.4, 0.5) is 0 Å². The molecule has 0 amide bonds. The Morgan fingerprint density at radius 1 is 1.27 bits per heavy atom. The van der Waals surface area contributed by atoms with E-state index >= 15 is 0 Å². The fourth-order valence-corrected chi connectivity index (χ4v) is 1.15. The number of carbonyl (C=O) groups is 2. The van der Waals surface area contributed by atoms with Crippen molar-refractivity contribution in [2.45, 2.75) is 27.7 Å². The quantitative estimate of drug-likeness (QED) is 0.616. The minimum absolute atomic E-state index is 0.287. The molecule has 0 spiro atoms. The van der Waals surface area contributed by atoms with Crippen molar-refractivity contribution in [2.75, 3.05) is 0 Å². The summed E-state index contributed by atoms with van der Waals surface area (Å²) in [6.07, 6.45) is 0. The van der Waals surface area contributed by atoms with Gasteiger partial charge in [0.2, 0.25) is 0 Å². The van der Waals surface area contributed by atoms with Crippen LogP contribution in [-0.2, 0) is 9.59 Å². The number of hydrogen-bond donors (Lipinski definition) is 1. The topological polar surface area (TPSA) is 54.4 Å². The first-order chi connectivity index (χ1) is 4.76. The van der Waals surface area contributed by atoms with Gasteiger partial charge in [0, 0.05) is 0 Å². The summed E-state index contributed by atoms with van der Waals surface area (Å²) in [4.78, 5) is 21.4. The molecule has 0 aliphatic heterocycles. The van der Waals surface area contributed by atoms with Crippen LogP contribution in [0.1, 0.15) is 27.7 Å². The Morgan fingerprint density at radius 2 is 1.64 bits per heavy atom. The molecule has 3 nitrogen and oxygen atoms in total. The van der Waals surface area contributed by atoms with Crippen LogP contribution in [0.25, 0.3) is 0 Å². The van der Waals surface area contributed by atoms with Crippen LogP contribution in [0, 0.1) is 11.3 Å². The van der Waals surface area contributed by atoms with Gasteiger partial charge in [0.1, 0.15) is 11.7 Å². The fourth-order valence-electron chi connectivity index (χ4n) is 1.15. The molecule has 0 radical (unpaired) electrons.